The molecule has 0 N–H and O–H groups in total. The molecule has 0 saturated heterocycles. The molecule has 0 saturated carbocycles. The van der Waals surface area contributed by atoms with Crippen LogP contribution in [0.1, 0.15) is 355 Å². The summed E-state index contributed by atoms with van der Waals surface area (Å²) in [5, 5.41) is 0. The standard InChI is InChI=1S/C75H132O6/c1-4-7-10-13-16-19-22-25-28-30-32-34-35-36-37-38-39-41-42-44-47-50-53-56-59-62-65-68-74(77)80-71-72(70-79-73(76)67-64-61-58-55-52-49-46-27-24-21-18-15-12-9-6-3)81-75(78)69-66-63-60-57-54-51-48-45-43-40-33-31-29-26-23-20-17-14-11-8-5-2/h9,12,18,21-22,25,27,30,32,46,52,55,61,64,72H,4-8,10-11,13-17,19-20,23-24,26,28-29,31,33-45,47-51,53-54,56-60,62-63,65-71H2,1-3H3/b12-9-,21-18-,25-22-,32-30-,46-27-,55-52-,64-61-. The van der Waals surface area contributed by atoms with Gasteiger partial charge in [-0.1, -0.05) is 343 Å². The highest BCUT2D eigenvalue weighted by molar-refractivity contribution is 5.72. The quantitative estimate of drug-likeness (QED) is 0.0261. The van der Waals surface area contributed by atoms with E-state index in [2.05, 4.69) is 93.7 Å². The third-order valence-corrected chi connectivity index (χ3v) is 15.4. The number of hydrogen-bond donors (Lipinski definition) is 0. The van der Waals surface area contributed by atoms with E-state index in [0.717, 1.165) is 77.0 Å². The predicted molar refractivity (Wildman–Crippen MR) is 353 cm³/mol. The fourth-order valence-electron chi connectivity index (χ4n) is 10.2. The van der Waals surface area contributed by atoms with Crippen molar-refractivity contribution in [3.8, 4) is 0 Å². The van der Waals surface area contributed by atoms with Crippen molar-refractivity contribution < 1.29 is 28.6 Å². The fraction of sp³-hybridized carbons (Fsp3) is 0.773. The first kappa shape index (κ1) is 77.6. The second-order valence-corrected chi connectivity index (χ2v) is 23.4. The SMILES string of the molecule is CC/C=C\C/C=C\C/C=C\C/C=C\C/C=C\CC(=O)OCC(COC(=O)CCCCCCCCCCCCCCCCC/C=C\C/C=C\CCCCCCC)OC(=O)CCCCCCCCCCCCCCCCCCCCCCC. The molecule has 6 nitrogen and oxygen atoms in total. The first-order valence-corrected chi connectivity index (χ1v) is 35.1. The van der Waals surface area contributed by atoms with E-state index in [4.69, 9.17) is 14.2 Å². The van der Waals surface area contributed by atoms with E-state index in [-0.39, 0.29) is 31.6 Å². The fourth-order valence-corrected chi connectivity index (χ4v) is 10.2. The zero-order valence-electron chi connectivity index (χ0n) is 53.8. The van der Waals surface area contributed by atoms with Gasteiger partial charge in [0.05, 0.1) is 6.42 Å². The maximum atomic E-state index is 12.9. The van der Waals surface area contributed by atoms with Crippen molar-refractivity contribution in [2.45, 2.75) is 361 Å². The molecule has 0 aromatic rings. The summed E-state index contributed by atoms with van der Waals surface area (Å²) in [5.74, 6) is -1.02. The average Bonchev–Trinajstić information content (AvgIpc) is 3.47. The van der Waals surface area contributed by atoms with Gasteiger partial charge in [-0.3, -0.25) is 14.4 Å². The summed E-state index contributed by atoms with van der Waals surface area (Å²) in [5.41, 5.74) is 0. The van der Waals surface area contributed by atoms with Gasteiger partial charge < -0.3 is 14.2 Å². The summed E-state index contributed by atoms with van der Waals surface area (Å²) in [4.78, 5) is 38.4. The van der Waals surface area contributed by atoms with Crippen LogP contribution in [0.3, 0.4) is 0 Å². The van der Waals surface area contributed by atoms with Gasteiger partial charge in [-0.25, -0.2) is 0 Å². The number of hydrogen-bond acceptors (Lipinski definition) is 6. The van der Waals surface area contributed by atoms with Crippen molar-refractivity contribution in [2.24, 2.45) is 0 Å². The van der Waals surface area contributed by atoms with Crippen molar-refractivity contribution in [3.05, 3.63) is 85.1 Å². The highest BCUT2D eigenvalue weighted by atomic mass is 16.6. The number of carbonyl (C=O) groups excluding carboxylic acids is 3. The third kappa shape index (κ3) is 67.3. The van der Waals surface area contributed by atoms with Gasteiger partial charge in [0, 0.05) is 12.8 Å². The Morgan fingerprint density at radius 3 is 0.864 bits per heavy atom. The summed E-state index contributed by atoms with van der Waals surface area (Å²) in [7, 11) is 0. The number of rotatable bonds is 64. The lowest BCUT2D eigenvalue weighted by Gasteiger charge is -2.18. The minimum atomic E-state index is -0.816. The van der Waals surface area contributed by atoms with Crippen LogP contribution in [-0.2, 0) is 28.6 Å². The highest BCUT2D eigenvalue weighted by Crippen LogP contribution is 2.18. The van der Waals surface area contributed by atoms with Gasteiger partial charge >= 0.3 is 17.9 Å². The summed E-state index contributed by atoms with van der Waals surface area (Å²) in [6.45, 7) is 6.48. The number of allylic oxidation sites excluding steroid dienone is 13. The maximum absolute atomic E-state index is 12.9. The smallest absolute Gasteiger partial charge is 0.309 e. The molecule has 468 valence electrons. The van der Waals surface area contributed by atoms with Gasteiger partial charge in [0.25, 0.3) is 0 Å². The lowest BCUT2D eigenvalue weighted by Crippen LogP contribution is -2.30. The van der Waals surface area contributed by atoms with Gasteiger partial charge in [0.1, 0.15) is 13.2 Å². The minimum Gasteiger partial charge on any atom is -0.462 e. The van der Waals surface area contributed by atoms with E-state index in [1.807, 2.05) is 12.2 Å². The lowest BCUT2D eigenvalue weighted by molar-refractivity contribution is -0.166. The van der Waals surface area contributed by atoms with Crippen LogP contribution in [0.5, 0.6) is 0 Å². The zero-order valence-corrected chi connectivity index (χ0v) is 53.8. The molecule has 0 aromatic heterocycles. The minimum absolute atomic E-state index is 0.103. The second-order valence-electron chi connectivity index (χ2n) is 23.4. The van der Waals surface area contributed by atoms with Gasteiger partial charge in [0.15, 0.2) is 6.10 Å². The van der Waals surface area contributed by atoms with E-state index in [1.54, 1.807) is 0 Å². The van der Waals surface area contributed by atoms with Crippen LogP contribution in [0.4, 0.5) is 0 Å². The Kier molecular flexibility index (Phi) is 66.2. The van der Waals surface area contributed by atoms with E-state index in [0.29, 0.717) is 12.8 Å². The summed E-state index contributed by atoms with van der Waals surface area (Å²) in [6.07, 6.45) is 92.1. The topological polar surface area (TPSA) is 78.9 Å². The summed E-state index contributed by atoms with van der Waals surface area (Å²) >= 11 is 0. The molecule has 0 aliphatic carbocycles. The van der Waals surface area contributed by atoms with Crippen molar-refractivity contribution in [1.82, 2.24) is 0 Å². The van der Waals surface area contributed by atoms with E-state index >= 15 is 0 Å². The molecule has 0 radical (unpaired) electrons. The Labute approximate surface area is 503 Å². The number of unbranched alkanes of at least 4 members (excludes halogenated alkanes) is 40. The van der Waals surface area contributed by atoms with Gasteiger partial charge in [-0.2, -0.15) is 0 Å². The third-order valence-electron chi connectivity index (χ3n) is 15.4. The van der Waals surface area contributed by atoms with Crippen LogP contribution in [0.25, 0.3) is 0 Å². The van der Waals surface area contributed by atoms with Crippen molar-refractivity contribution in [1.29, 1.82) is 0 Å². The molecule has 1 unspecified atom stereocenters. The van der Waals surface area contributed by atoms with Crippen LogP contribution in [0, 0.1) is 0 Å². The molecule has 0 bridgehead atoms. The van der Waals surface area contributed by atoms with Crippen LogP contribution in [0.15, 0.2) is 85.1 Å². The summed E-state index contributed by atoms with van der Waals surface area (Å²) in [6, 6.07) is 0. The molecule has 0 heterocycles. The molecular formula is C75H132O6. The largest absolute Gasteiger partial charge is 0.462 e. The van der Waals surface area contributed by atoms with Crippen LogP contribution in [0.2, 0.25) is 0 Å². The first-order chi connectivity index (χ1) is 40.0. The van der Waals surface area contributed by atoms with Gasteiger partial charge in [-0.15, -0.1) is 0 Å². The van der Waals surface area contributed by atoms with Crippen molar-refractivity contribution in [2.75, 3.05) is 13.2 Å². The molecule has 0 fully saturated rings. The normalized spacial score (nSPS) is 12.6. The Balaban J connectivity index is 4.32. The number of carbonyl (C=O) groups is 3. The molecular weight excluding hydrogens is 997 g/mol. The predicted octanol–water partition coefficient (Wildman–Crippen LogP) is 24.2. The first-order valence-electron chi connectivity index (χ1n) is 35.1. The van der Waals surface area contributed by atoms with E-state index in [1.165, 1.54) is 238 Å². The molecule has 0 amide bonds. The average molecular weight is 1130 g/mol. The number of ether oxygens (including phenoxy) is 3. The zero-order chi connectivity index (χ0) is 58.5. The lowest BCUT2D eigenvalue weighted by atomic mass is 10.0. The molecule has 0 spiro atoms. The Hall–Kier alpha value is -3.41. The molecule has 0 aliphatic heterocycles. The Bertz CT molecular complexity index is 1530. The van der Waals surface area contributed by atoms with Crippen LogP contribution < -0.4 is 0 Å². The molecule has 81 heavy (non-hydrogen) atoms. The highest BCUT2D eigenvalue weighted by Gasteiger charge is 2.19. The maximum Gasteiger partial charge on any atom is 0.309 e. The second kappa shape index (κ2) is 69.1. The van der Waals surface area contributed by atoms with E-state index < -0.39 is 12.1 Å². The van der Waals surface area contributed by atoms with Gasteiger partial charge in [-0.05, 0) is 77.0 Å². The molecule has 1 atom stereocenters. The molecule has 0 aliphatic rings. The van der Waals surface area contributed by atoms with Crippen molar-refractivity contribution in [3.63, 3.8) is 0 Å². The molecule has 6 heteroatoms. The van der Waals surface area contributed by atoms with Gasteiger partial charge in [0.2, 0.25) is 0 Å². The van der Waals surface area contributed by atoms with Crippen LogP contribution in [-0.4, -0.2) is 37.2 Å². The Morgan fingerprint density at radius 2 is 0.531 bits per heavy atom. The van der Waals surface area contributed by atoms with Crippen LogP contribution >= 0.6 is 0 Å². The summed E-state index contributed by atoms with van der Waals surface area (Å²) < 4.78 is 16.9. The monoisotopic (exact) mass is 1130 g/mol. The Morgan fingerprint density at radius 1 is 0.272 bits per heavy atom. The van der Waals surface area contributed by atoms with Crippen molar-refractivity contribution >= 4 is 17.9 Å². The molecule has 0 rings (SSSR count). The number of esters is 3. The molecule has 0 aromatic carbocycles. The van der Waals surface area contributed by atoms with E-state index in [9.17, 15) is 14.4 Å².